The number of rotatable bonds is 1. The van der Waals surface area contributed by atoms with Crippen LogP contribution in [0.5, 0.6) is 0 Å². The first-order valence-corrected chi connectivity index (χ1v) is 5.40. The zero-order valence-electron chi connectivity index (χ0n) is 9.64. The monoisotopic (exact) mass is 227 g/mol. The van der Waals surface area contributed by atoms with E-state index in [1.54, 1.807) is 18.0 Å². The Hall–Kier alpha value is -2.21. The summed E-state index contributed by atoms with van der Waals surface area (Å²) in [6, 6.07) is 7.97. The predicted molar refractivity (Wildman–Crippen MR) is 65.8 cm³/mol. The zero-order chi connectivity index (χ0) is 12.1. The molecule has 0 bridgehead atoms. The smallest absolute Gasteiger partial charge is 0.415 e. The van der Waals surface area contributed by atoms with Crippen LogP contribution in [0.2, 0.25) is 0 Å². The topological polar surface area (TPSA) is 29.5 Å². The molecule has 1 aromatic carbocycles. The molecule has 0 aliphatic carbocycles. The van der Waals surface area contributed by atoms with Gasteiger partial charge in [-0.1, -0.05) is 30.2 Å². The van der Waals surface area contributed by atoms with Crippen molar-refractivity contribution in [2.24, 2.45) is 0 Å². The van der Waals surface area contributed by atoms with Gasteiger partial charge in [0.2, 0.25) is 0 Å². The Labute approximate surface area is 101 Å². The van der Waals surface area contributed by atoms with E-state index in [1.165, 1.54) is 0 Å². The van der Waals surface area contributed by atoms with E-state index in [0.29, 0.717) is 6.54 Å². The van der Waals surface area contributed by atoms with E-state index in [4.69, 9.17) is 4.74 Å². The highest BCUT2D eigenvalue weighted by molar-refractivity contribution is 5.72. The Morgan fingerprint density at radius 3 is 3.12 bits per heavy atom. The zero-order valence-corrected chi connectivity index (χ0v) is 9.64. The van der Waals surface area contributed by atoms with Crippen LogP contribution in [0.4, 0.5) is 4.79 Å². The van der Waals surface area contributed by atoms with Crippen LogP contribution in [0, 0.1) is 11.8 Å². The van der Waals surface area contributed by atoms with Crippen LogP contribution in [0.1, 0.15) is 18.1 Å². The highest BCUT2D eigenvalue weighted by Crippen LogP contribution is 2.19. The third-order valence-corrected chi connectivity index (χ3v) is 2.51. The molecule has 0 aromatic heterocycles. The maximum absolute atomic E-state index is 11.7. The molecule has 1 aliphatic rings. The Kier molecular flexibility index (Phi) is 3.46. The van der Waals surface area contributed by atoms with Crippen LogP contribution in [-0.4, -0.2) is 17.6 Å². The number of ether oxygens (including phenoxy) is 1. The summed E-state index contributed by atoms with van der Waals surface area (Å²) >= 11 is 0. The van der Waals surface area contributed by atoms with E-state index in [1.807, 2.05) is 30.3 Å². The van der Waals surface area contributed by atoms with Crippen molar-refractivity contribution in [2.45, 2.75) is 13.5 Å². The molecule has 1 aromatic rings. The second-order valence-corrected chi connectivity index (χ2v) is 3.62. The summed E-state index contributed by atoms with van der Waals surface area (Å²) in [6.45, 7) is 2.40. The second-order valence-electron chi connectivity index (χ2n) is 3.62. The first kappa shape index (κ1) is 11.3. The van der Waals surface area contributed by atoms with E-state index in [-0.39, 0.29) is 12.7 Å². The third-order valence-electron chi connectivity index (χ3n) is 2.51. The minimum atomic E-state index is -0.362. The SMILES string of the molecule is CC#CCOC(=O)N1C=Cc2ccccc2C1. The van der Waals surface area contributed by atoms with Gasteiger partial charge in [0.1, 0.15) is 0 Å². The summed E-state index contributed by atoms with van der Waals surface area (Å²) in [5.41, 5.74) is 2.26. The lowest BCUT2D eigenvalue weighted by Crippen LogP contribution is -2.28. The van der Waals surface area contributed by atoms with Crippen LogP contribution in [0.3, 0.4) is 0 Å². The summed E-state index contributed by atoms with van der Waals surface area (Å²) in [5.74, 6) is 5.37. The number of fused-ring (bicyclic) bond motifs is 1. The predicted octanol–water partition coefficient (Wildman–Crippen LogP) is 2.63. The minimum Gasteiger partial charge on any atom is -0.436 e. The molecule has 17 heavy (non-hydrogen) atoms. The van der Waals surface area contributed by atoms with Crippen LogP contribution in [0.15, 0.2) is 30.5 Å². The quantitative estimate of drug-likeness (QED) is 0.690. The van der Waals surface area contributed by atoms with E-state index < -0.39 is 0 Å². The van der Waals surface area contributed by atoms with Gasteiger partial charge in [-0.25, -0.2) is 4.79 Å². The number of hydrogen-bond donors (Lipinski definition) is 0. The Bertz CT molecular complexity index is 508. The van der Waals surface area contributed by atoms with Gasteiger partial charge in [0.25, 0.3) is 0 Å². The molecule has 0 saturated heterocycles. The molecule has 0 saturated carbocycles. The van der Waals surface area contributed by atoms with Crippen molar-refractivity contribution >= 4 is 12.2 Å². The molecule has 86 valence electrons. The Morgan fingerprint density at radius 1 is 1.47 bits per heavy atom. The van der Waals surface area contributed by atoms with Gasteiger partial charge >= 0.3 is 6.09 Å². The summed E-state index contributed by atoms with van der Waals surface area (Å²) in [7, 11) is 0. The van der Waals surface area contributed by atoms with Crippen LogP contribution >= 0.6 is 0 Å². The first-order chi connectivity index (χ1) is 8.31. The molecule has 1 amide bonds. The fourth-order valence-corrected chi connectivity index (χ4v) is 1.63. The molecule has 3 heteroatoms. The van der Waals surface area contributed by atoms with Crippen molar-refractivity contribution in [1.82, 2.24) is 4.90 Å². The van der Waals surface area contributed by atoms with Crippen molar-refractivity contribution < 1.29 is 9.53 Å². The van der Waals surface area contributed by atoms with Crippen molar-refractivity contribution in [3.8, 4) is 11.8 Å². The summed E-state index contributed by atoms with van der Waals surface area (Å²) in [4.78, 5) is 13.2. The van der Waals surface area contributed by atoms with Gasteiger partial charge in [-0.15, -0.1) is 5.92 Å². The number of hydrogen-bond acceptors (Lipinski definition) is 2. The molecule has 0 spiro atoms. The Balaban J connectivity index is 2.02. The molecule has 0 N–H and O–H groups in total. The Morgan fingerprint density at radius 2 is 2.29 bits per heavy atom. The molecule has 0 radical (unpaired) electrons. The van der Waals surface area contributed by atoms with Gasteiger partial charge in [0, 0.05) is 6.20 Å². The molecule has 0 fully saturated rings. The highest BCUT2D eigenvalue weighted by atomic mass is 16.6. The lowest BCUT2D eigenvalue weighted by atomic mass is 10.1. The van der Waals surface area contributed by atoms with Crippen molar-refractivity contribution in [2.75, 3.05) is 6.61 Å². The lowest BCUT2D eigenvalue weighted by molar-refractivity contribution is 0.127. The van der Waals surface area contributed by atoms with Crippen molar-refractivity contribution in [3.63, 3.8) is 0 Å². The van der Waals surface area contributed by atoms with Gasteiger partial charge in [-0.3, -0.25) is 4.90 Å². The van der Waals surface area contributed by atoms with E-state index in [0.717, 1.165) is 11.1 Å². The normalized spacial score (nSPS) is 12.4. The number of carbonyl (C=O) groups is 1. The fourth-order valence-electron chi connectivity index (χ4n) is 1.63. The van der Waals surface area contributed by atoms with Gasteiger partial charge in [-0.2, -0.15) is 0 Å². The van der Waals surface area contributed by atoms with E-state index in [2.05, 4.69) is 11.8 Å². The molecular weight excluding hydrogens is 214 g/mol. The van der Waals surface area contributed by atoms with Crippen LogP contribution < -0.4 is 0 Å². The molecule has 1 heterocycles. The van der Waals surface area contributed by atoms with Gasteiger partial charge < -0.3 is 4.74 Å². The van der Waals surface area contributed by atoms with Gasteiger partial charge in [0.05, 0.1) is 6.54 Å². The molecule has 3 nitrogen and oxygen atoms in total. The largest absolute Gasteiger partial charge is 0.436 e. The molecule has 0 unspecified atom stereocenters. The number of benzene rings is 1. The molecular formula is C14H13NO2. The molecule has 2 rings (SSSR count). The number of carbonyl (C=O) groups excluding carboxylic acids is 1. The maximum Gasteiger partial charge on any atom is 0.415 e. The van der Waals surface area contributed by atoms with Crippen LogP contribution in [0.25, 0.3) is 6.08 Å². The summed E-state index contributed by atoms with van der Waals surface area (Å²) in [6.07, 6.45) is 3.29. The van der Waals surface area contributed by atoms with Crippen molar-refractivity contribution in [3.05, 3.63) is 41.6 Å². The minimum absolute atomic E-state index is 0.140. The number of amides is 1. The van der Waals surface area contributed by atoms with Crippen molar-refractivity contribution in [1.29, 1.82) is 0 Å². The van der Waals surface area contributed by atoms with Crippen LogP contribution in [-0.2, 0) is 11.3 Å². The average molecular weight is 227 g/mol. The first-order valence-electron chi connectivity index (χ1n) is 5.40. The summed E-state index contributed by atoms with van der Waals surface area (Å²) < 4.78 is 5.00. The highest BCUT2D eigenvalue weighted by Gasteiger charge is 2.16. The molecule has 1 aliphatic heterocycles. The number of nitrogens with zero attached hydrogens (tertiary/aromatic N) is 1. The standard InChI is InChI=1S/C14H13NO2/c1-2-3-10-17-14(16)15-9-8-12-6-4-5-7-13(12)11-15/h4-9H,10-11H2,1H3. The fraction of sp³-hybridized carbons (Fsp3) is 0.214. The lowest BCUT2D eigenvalue weighted by Gasteiger charge is -2.22. The van der Waals surface area contributed by atoms with E-state index >= 15 is 0 Å². The third kappa shape index (κ3) is 2.67. The van der Waals surface area contributed by atoms with E-state index in [9.17, 15) is 4.79 Å². The maximum atomic E-state index is 11.7. The second kappa shape index (κ2) is 5.22. The summed E-state index contributed by atoms with van der Waals surface area (Å²) in [5, 5.41) is 0. The van der Waals surface area contributed by atoms with Gasteiger partial charge in [-0.05, 0) is 24.1 Å². The average Bonchev–Trinajstić information content (AvgIpc) is 2.38. The molecule has 0 atom stereocenters. The van der Waals surface area contributed by atoms with Gasteiger partial charge in [0.15, 0.2) is 6.61 Å².